The van der Waals surface area contributed by atoms with Gasteiger partial charge in [0.15, 0.2) is 0 Å². The molecule has 0 bridgehead atoms. The fraction of sp³-hybridized carbons (Fsp3) is 0.400. The van der Waals surface area contributed by atoms with Gasteiger partial charge in [-0.2, -0.15) is 0 Å². The quantitative estimate of drug-likeness (QED) is 0.739. The highest BCUT2D eigenvalue weighted by Gasteiger charge is 2.18. The van der Waals surface area contributed by atoms with Crippen LogP contribution in [0.1, 0.15) is 34.9 Å². The lowest BCUT2D eigenvalue weighted by Gasteiger charge is -2.09. The number of carboxylic acids is 1. The first kappa shape index (κ1) is 9.15. The van der Waals surface area contributed by atoms with Crippen LogP contribution in [-0.4, -0.2) is 22.6 Å². The lowest BCUT2D eigenvalue weighted by atomic mass is 10.1. The molecule has 2 rings (SSSR count). The maximum Gasteiger partial charge on any atom is 0.335 e. The largest absolute Gasteiger partial charge is 0.478 e. The zero-order valence-corrected chi connectivity index (χ0v) is 7.73. The number of carbonyl (C=O) groups is 1. The fourth-order valence-corrected chi connectivity index (χ4v) is 1.71. The third kappa shape index (κ3) is 1.75. The van der Waals surface area contributed by atoms with Crippen molar-refractivity contribution in [3.63, 3.8) is 0 Å². The molecule has 14 heavy (non-hydrogen) atoms. The van der Waals surface area contributed by atoms with E-state index in [1.165, 1.54) is 6.07 Å². The van der Waals surface area contributed by atoms with Crippen molar-refractivity contribution in [2.75, 3.05) is 6.54 Å². The second-order valence-corrected chi connectivity index (χ2v) is 3.42. The number of aromatic nitrogens is 1. The lowest BCUT2D eigenvalue weighted by molar-refractivity contribution is 0.0696. The van der Waals surface area contributed by atoms with E-state index in [0.717, 1.165) is 25.1 Å². The Morgan fingerprint density at radius 1 is 1.64 bits per heavy atom. The van der Waals surface area contributed by atoms with Crippen LogP contribution in [0.15, 0.2) is 18.3 Å². The molecular weight excluding hydrogens is 180 g/mol. The number of nitrogens with one attached hydrogen (secondary N) is 1. The average Bonchev–Trinajstić information content (AvgIpc) is 2.71. The van der Waals surface area contributed by atoms with Gasteiger partial charge in [0.25, 0.3) is 0 Å². The first-order valence-electron chi connectivity index (χ1n) is 4.70. The Hall–Kier alpha value is -1.42. The number of pyridine rings is 1. The summed E-state index contributed by atoms with van der Waals surface area (Å²) < 4.78 is 0. The van der Waals surface area contributed by atoms with E-state index in [1.54, 1.807) is 12.3 Å². The highest BCUT2D eigenvalue weighted by Crippen LogP contribution is 2.21. The summed E-state index contributed by atoms with van der Waals surface area (Å²) in [6, 6.07) is 3.39. The summed E-state index contributed by atoms with van der Waals surface area (Å²) in [5.74, 6) is -0.897. The molecule has 0 spiro atoms. The molecule has 1 aliphatic heterocycles. The molecule has 0 aliphatic carbocycles. The molecule has 1 saturated heterocycles. The van der Waals surface area contributed by atoms with E-state index in [9.17, 15) is 4.79 Å². The molecule has 74 valence electrons. The number of carboxylic acid groups (broad SMARTS) is 1. The van der Waals surface area contributed by atoms with E-state index in [4.69, 9.17) is 5.11 Å². The molecule has 1 atom stereocenters. The van der Waals surface area contributed by atoms with Gasteiger partial charge in [-0.05, 0) is 31.5 Å². The molecule has 0 unspecified atom stereocenters. The topological polar surface area (TPSA) is 62.2 Å². The van der Waals surface area contributed by atoms with Gasteiger partial charge >= 0.3 is 5.97 Å². The summed E-state index contributed by atoms with van der Waals surface area (Å²) in [7, 11) is 0. The smallest absolute Gasteiger partial charge is 0.335 e. The Labute approximate surface area is 82.0 Å². The van der Waals surface area contributed by atoms with Crippen molar-refractivity contribution in [3.8, 4) is 0 Å². The van der Waals surface area contributed by atoms with Gasteiger partial charge in [0.2, 0.25) is 0 Å². The van der Waals surface area contributed by atoms with Crippen molar-refractivity contribution in [3.05, 3.63) is 29.6 Å². The van der Waals surface area contributed by atoms with Crippen LogP contribution >= 0.6 is 0 Å². The summed E-state index contributed by atoms with van der Waals surface area (Å²) in [5.41, 5.74) is 1.14. The van der Waals surface area contributed by atoms with Crippen LogP contribution in [0.4, 0.5) is 0 Å². The molecule has 1 fully saturated rings. The minimum Gasteiger partial charge on any atom is -0.478 e. The SMILES string of the molecule is O=C(O)c1ccnc([C@@H]2CCCN2)c1. The Morgan fingerprint density at radius 3 is 3.14 bits per heavy atom. The van der Waals surface area contributed by atoms with E-state index >= 15 is 0 Å². The molecule has 2 N–H and O–H groups in total. The van der Waals surface area contributed by atoms with Gasteiger partial charge in [-0.3, -0.25) is 4.98 Å². The monoisotopic (exact) mass is 192 g/mol. The highest BCUT2D eigenvalue weighted by molar-refractivity contribution is 5.87. The average molecular weight is 192 g/mol. The molecule has 0 radical (unpaired) electrons. The fourth-order valence-electron chi connectivity index (χ4n) is 1.71. The summed E-state index contributed by atoms with van der Waals surface area (Å²) in [5, 5.41) is 12.1. The molecule has 0 aromatic carbocycles. The van der Waals surface area contributed by atoms with Crippen molar-refractivity contribution < 1.29 is 9.90 Å². The predicted molar refractivity (Wildman–Crippen MR) is 51.2 cm³/mol. The second kappa shape index (κ2) is 3.75. The van der Waals surface area contributed by atoms with Crippen LogP contribution < -0.4 is 5.32 Å². The van der Waals surface area contributed by atoms with E-state index in [1.807, 2.05) is 0 Å². The third-order valence-corrected chi connectivity index (χ3v) is 2.45. The minimum absolute atomic E-state index is 0.231. The van der Waals surface area contributed by atoms with Crippen LogP contribution in [0, 0.1) is 0 Å². The molecular formula is C10H12N2O2. The summed E-state index contributed by atoms with van der Waals surface area (Å²) >= 11 is 0. The van der Waals surface area contributed by atoms with Crippen LogP contribution in [-0.2, 0) is 0 Å². The van der Waals surface area contributed by atoms with Crippen LogP contribution in [0.25, 0.3) is 0 Å². The zero-order chi connectivity index (χ0) is 9.97. The van der Waals surface area contributed by atoms with Crippen molar-refractivity contribution in [1.29, 1.82) is 0 Å². The molecule has 1 aromatic rings. The Balaban J connectivity index is 2.25. The number of aromatic carboxylic acids is 1. The van der Waals surface area contributed by atoms with Crippen molar-refractivity contribution in [2.24, 2.45) is 0 Å². The second-order valence-electron chi connectivity index (χ2n) is 3.42. The number of hydrogen-bond acceptors (Lipinski definition) is 3. The van der Waals surface area contributed by atoms with E-state index in [2.05, 4.69) is 10.3 Å². The van der Waals surface area contributed by atoms with Gasteiger partial charge in [0, 0.05) is 12.2 Å². The van der Waals surface area contributed by atoms with E-state index in [-0.39, 0.29) is 6.04 Å². The number of rotatable bonds is 2. The van der Waals surface area contributed by atoms with Gasteiger partial charge < -0.3 is 10.4 Å². The molecule has 4 nitrogen and oxygen atoms in total. The molecule has 1 aromatic heterocycles. The van der Waals surface area contributed by atoms with Crippen molar-refractivity contribution in [2.45, 2.75) is 18.9 Å². The summed E-state index contributed by atoms with van der Waals surface area (Å²) in [4.78, 5) is 14.9. The van der Waals surface area contributed by atoms with E-state index in [0.29, 0.717) is 5.56 Å². The molecule has 0 amide bonds. The van der Waals surface area contributed by atoms with Crippen molar-refractivity contribution in [1.82, 2.24) is 10.3 Å². The maximum absolute atomic E-state index is 10.7. The van der Waals surface area contributed by atoms with Crippen LogP contribution in [0.2, 0.25) is 0 Å². The third-order valence-electron chi connectivity index (χ3n) is 2.45. The minimum atomic E-state index is -0.897. The van der Waals surface area contributed by atoms with Gasteiger partial charge in [-0.25, -0.2) is 4.79 Å². The molecule has 0 saturated carbocycles. The zero-order valence-electron chi connectivity index (χ0n) is 7.73. The summed E-state index contributed by atoms with van der Waals surface area (Å²) in [6.07, 6.45) is 3.72. The van der Waals surface area contributed by atoms with Crippen LogP contribution in [0.3, 0.4) is 0 Å². The Kier molecular flexibility index (Phi) is 2.45. The first-order valence-corrected chi connectivity index (χ1v) is 4.70. The Bertz CT molecular complexity index is 346. The van der Waals surface area contributed by atoms with Gasteiger partial charge in [0.05, 0.1) is 11.3 Å². The van der Waals surface area contributed by atoms with Gasteiger partial charge in [0.1, 0.15) is 0 Å². The molecule has 4 heteroatoms. The normalized spacial score (nSPS) is 21.0. The summed E-state index contributed by atoms with van der Waals surface area (Å²) in [6.45, 7) is 0.990. The number of hydrogen-bond donors (Lipinski definition) is 2. The van der Waals surface area contributed by atoms with Gasteiger partial charge in [-0.15, -0.1) is 0 Å². The van der Waals surface area contributed by atoms with E-state index < -0.39 is 5.97 Å². The Morgan fingerprint density at radius 2 is 2.50 bits per heavy atom. The standard InChI is InChI=1S/C10H12N2O2/c13-10(14)7-3-5-12-9(6-7)8-2-1-4-11-8/h3,5-6,8,11H,1-2,4H2,(H,13,14)/t8-/m0/s1. The molecule has 1 aliphatic rings. The first-order chi connectivity index (χ1) is 6.77. The molecule has 2 heterocycles. The number of nitrogens with zero attached hydrogens (tertiary/aromatic N) is 1. The lowest BCUT2D eigenvalue weighted by Crippen LogP contribution is -2.14. The maximum atomic E-state index is 10.7. The highest BCUT2D eigenvalue weighted by atomic mass is 16.4. The van der Waals surface area contributed by atoms with Crippen LogP contribution in [0.5, 0.6) is 0 Å². The van der Waals surface area contributed by atoms with Crippen molar-refractivity contribution >= 4 is 5.97 Å². The van der Waals surface area contributed by atoms with Gasteiger partial charge in [-0.1, -0.05) is 0 Å². The predicted octanol–water partition coefficient (Wildman–Crippen LogP) is 1.20.